The van der Waals surface area contributed by atoms with Crippen LogP contribution in [-0.4, -0.2) is 25.6 Å². The number of rotatable bonds is 6. The van der Waals surface area contributed by atoms with Crippen molar-refractivity contribution in [3.05, 3.63) is 101 Å². The van der Waals surface area contributed by atoms with Crippen molar-refractivity contribution in [3.8, 4) is 22.4 Å². The zero-order chi connectivity index (χ0) is 23.8. The van der Waals surface area contributed by atoms with Crippen molar-refractivity contribution in [2.45, 2.75) is 46.9 Å². The maximum Gasteiger partial charge on any atom is 0.0914 e. The molecule has 34 heavy (non-hydrogen) atoms. The van der Waals surface area contributed by atoms with E-state index in [1.54, 1.807) is 0 Å². The second-order valence-corrected chi connectivity index (χ2v) is 9.31. The van der Waals surface area contributed by atoms with Gasteiger partial charge in [0, 0.05) is 16.6 Å². The molecule has 4 heteroatoms. The molecule has 0 fully saturated rings. The van der Waals surface area contributed by atoms with Crippen molar-refractivity contribution in [1.82, 2.24) is 14.3 Å². The number of aliphatic hydroxyl groups excluding tert-OH is 1. The third-order valence-electron chi connectivity index (χ3n) is 6.48. The van der Waals surface area contributed by atoms with Crippen molar-refractivity contribution < 1.29 is 5.11 Å². The normalized spacial score (nSPS) is 12.4. The van der Waals surface area contributed by atoms with Gasteiger partial charge in [0.15, 0.2) is 0 Å². The summed E-state index contributed by atoms with van der Waals surface area (Å²) in [7, 11) is 0. The van der Waals surface area contributed by atoms with E-state index in [-0.39, 0.29) is 0 Å². The van der Waals surface area contributed by atoms with E-state index in [4.69, 9.17) is 0 Å². The maximum absolute atomic E-state index is 11.3. The number of aryl methyl sites for hydroxylation is 4. The highest BCUT2D eigenvalue weighted by atomic mass is 16.3. The van der Waals surface area contributed by atoms with E-state index in [0.29, 0.717) is 13.1 Å². The zero-order valence-corrected chi connectivity index (χ0v) is 20.3. The summed E-state index contributed by atoms with van der Waals surface area (Å²) in [5.74, 6) is 0. The van der Waals surface area contributed by atoms with Crippen molar-refractivity contribution in [2.75, 3.05) is 0 Å². The van der Waals surface area contributed by atoms with E-state index in [0.717, 1.165) is 22.6 Å². The van der Waals surface area contributed by atoms with Crippen molar-refractivity contribution in [1.29, 1.82) is 0 Å². The SMILES string of the molecule is Cc1cc(C)c2c(c1)c(-c1ccccc1)c(-c1ccccc1)n2CC(O)Cn1nc(C)cc1C. The quantitative estimate of drug-likeness (QED) is 0.323. The summed E-state index contributed by atoms with van der Waals surface area (Å²) in [4.78, 5) is 0. The van der Waals surface area contributed by atoms with Crippen LogP contribution in [-0.2, 0) is 13.1 Å². The lowest BCUT2D eigenvalue weighted by atomic mass is 9.97. The summed E-state index contributed by atoms with van der Waals surface area (Å²) in [5.41, 5.74) is 10.4. The Bertz CT molecular complexity index is 1450. The largest absolute Gasteiger partial charge is 0.389 e. The van der Waals surface area contributed by atoms with Crippen LogP contribution < -0.4 is 0 Å². The first-order chi connectivity index (χ1) is 16.4. The molecule has 0 saturated carbocycles. The summed E-state index contributed by atoms with van der Waals surface area (Å²) in [6, 6.07) is 27.7. The summed E-state index contributed by atoms with van der Waals surface area (Å²) < 4.78 is 4.22. The lowest BCUT2D eigenvalue weighted by Crippen LogP contribution is -2.24. The monoisotopic (exact) mass is 449 g/mol. The van der Waals surface area contributed by atoms with Gasteiger partial charge < -0.3 is 9.67 Å². The molecule has 3 aromatic carbocycles. The molecule has 172 valence electrons. The number of aromatic nitrogens is 3. The first-order valence-corrected chi connectivity index (χ1v) is 11.9. The highest BCUT2D eigenvalue weighted by Gasteiger charge is 2.23. The van der Waals surface area contributed by atoms with Crippen LogP contribution in [0.5, 0.6) is 0 Å². The van der Waals surface area contributed by atoms with Gasteiger partial charge in [0.05, 0.1) is 36.1 Å². The number of fused-ring (bicyclic) bond motifs is 1. The van der Waals surface area contributed by atoms with Crippen LogP contribution >= 0.6 is 0 Å². The molecule has 0 radical (unpaired) electrons. The number of hydrogen-bond acceptors (Lipinski definition) is 2. The molecule has 2 aromatic heterocycles. The Hall–Kier alpha value is -3.63. The molecule has 0 aliphatic rings. The van der Waals surface area contributed by atoms with Crippen LogP contribution in [0, 0.1) is 27.7 Å². The Kier molecular flexibility index (Phi) is 5.84. The molecule has 4 nitrogen and oxygen atoms in total. The van der Waals surface area contributed by atoms with Crippen LogP contribution in [0.3, 0.4) is 0 Å². The molecule has 1 atom stereocenters. The zero-order valence-electron chi connectivity index (χ0n) is 20.3. The Labute approximate surface area is 201 Å². The molecule has 5 rings (SSSR count). The average Bonchev–Trinajstić information content (AvgIpc) is 3.30. The second kappa shape index (κ2) is 8.96. The molecule has 0 amide bonds. The van der Waals surface area contributed by atoms with Crippen molar-refractivity contribution in [3.63, 3.8) is 0 Å². The molecule has 0 aliphatic heterocycles. The smallest absolute Gasteiger partial charge is 0.0914 e. The standard InChI is InChI=1S/C30H31N3O/c1-20-15-21(2)29-27(16-20)28(24-11-7-5-8-12-24)30(25-13-9-6-10-14-25)32(29)18-26(34)19-33-23(4)17-22(3)31-33/h5-17,26,34H,18-19H2,1-4H3. The predicted molar refractivity (Wildman–Crippen MR) is 140 cm³/mol. The Morgan fingerprint density at radius 3 is 2.06 bits per heavy atom. The van der Waals surface area contributed by atoms with E-state index in [9.17, 15) is 5.11 Å². The van der Waals surface area contributed by atoms with E-state index in [1.807, 2.05) is 30.7 Å². The van der Waals surface area contributed by atoms with Crippen LogP contribution in [0.25, 0.3) is 33.3 Å². The molecule has 0 spiro atoms. The lowest BCUT2D eigenvalue weighted by Gasteiger charge is -2.18. The number of hydrogen-bond donors (Lipinski definition) is 1. The van der Waals surface area contributed by atoms with E-state index in [2.05, 4.69) is 90.2 Å². The molecule has 1 unspecified atom stereocenters. The van der Waals surface area contributed by atoms with Gasteiger partial charge in [-0.1, -0.05) is 72.3 Å². The molecule has 0 saturated heterocycles. The predicted octanol–water partition coefficient (Wildman–Crippen LogP) is 6.47. The molecule has 2 heterocycles. The van der Waals surface area contributed by atoms with E-state index < -0.39 is 6.10 Å². The fourth-order valence-electron chi connectivity index (χ4n) is 5.19. The topological polar surface area (TPSA) is 43.0 Å². The van der Waals surface area contributed by atoms with Crippen LogP contribution in [0.4, 0.5) is 0 Å². The number of aliphatic hydroxyl groups is 1. The average molecular weight is 450 g/mol. The first-order valence-electron chi connectivity index (χ1n) is 11.9. The van der Waals surface area contributed by atoms with Gasteiger partial charge in [0.25, 0.3) is 0 Å². The minimum Gasteiger partial charge on any atom is -0.389 e. The molecule has 0 bridgehead atoms. The second-order valence-electron chi connectivity index (χ2n) is 9.31. The summed E-state index contributed by atoms with van der Waals surface area (Å²) in [6.07, 6.45) is -0.583. The van der Waals surface area contributed by atoms with Gasteiger partial charge in [-0.2, -0.15) is 5.10 Å². The van der Waals surface area contributed by atoms with Gasteiger partial charge in [-0.3, -0.25) is 4.68 Å². The summed E-state index contributed by atoms with van der Waals surface area (Å²) >= 11 is 0. The lowest BCUT2D eigenvalue weighted by molar-refractivity contribution is 0.131. The van der Waals surface area contributed by atoms with Gasteiger partial charge in [-0.05, 0) is 56.5 Å². The molecule has 1 N–H and O–H groups in total. The Morgan fingerprint density at radius 2 is 1.44 bits per heavy atom. The van der Waals surface area contributed by atoms with Crippen LogP contribution in [0.15, 0.2) is 78.9 Å². The van der Waals surface area contributed by atoms with Crippen molar-refractivity contribution in [2.24, 2.45) is 0 Å². The fourth-order valence-corrected chi connectivity index (χ4v) is 5.19. The highest BCUT2D eigenvalue weighted by molar-refractivity contribution is 6.06. The van der Waals surface area contributed by atoms with Gasteiger partial charge in [-0.15, -0.1) is 0 Å². The minimum atomic E-state index is -0.583. The first kappa shape index (κ1) is 22.2. The molecule has 5 aromatic rings. The minimum absolute atomic E-state index is 0.457. The Balaban J connectivity index is 1.74. The molecule has 0 aliphatic carbocycles. The number of nitrogens with zero attached hydrogens (tertiary/aromatic N) is 3. The van der Waals surface area contributed by atoms with Crippen LogP contribution in [0.2, 0.25) is 0 Å². The number of benzene rings is 3. The highest BCUT2D eigenvalue weighted by Crippen LogP contribution is 2.42. The maximum atomic E-state index is 11.3. The third-order valence-corrected chi connectivity index (χ3v) is 6.48. The molecular weight excluding hydrogens is 418 g/mol. The summed E-state index contributed by atoms with van der Waals surface area (Å²) in [6.45, 7) is 9.28. The molecular formula is C30H31N3O. The van der Waals surface area contributed by atoms with Gasteiger partial charge in [0.2, 0.25) is 0 Å². The fraction of sp³-hybridized carbons (Fsp3) is 0.233. The van der Waals surface area contributed by atoms with E-state index in [1.165, 1.54) is 33.2 Å². The van der Waals surface area contributed by atoms with E-state index >= 15 is 0 Å². The third kappa shape index (κ3) is 4.06. The Morgan fingerprint density at radius 1 is 0.794 bits per heavy atom. The van der Waals surface area contributed by atoms with Gasteiger partial charge >= 0.3 is 0 Å². The van der Waals surface area contributed by atoms with Crippen molar-refractivity contribution >= 4 is 10.9 Å². The van der Waals surface area contributed by atoms with Crippen LogP contribution in [0.1, 0.15) is 22.5 Å². The van der Waals surface area contributed by atoms with Gasteiger partial charge in [0.1, 0.15) is 0 Å². The summed E-state index contributed by atoms with van der Waals surface area (Å²) in [5, 5.41) is 17.1. The van der Waals surface area contributed by atoms with Gasteiger partial charge in [-0.25, -0.2) is 0 Å².